The summed E-state index contributed by atoms with van der Waals surface area (Å²) in [7, 11) is 0. The number of rotatable bonds is 3. The van der Waals surface area contributed by atoms with Gasteiger partial charge in [-0.05, 0) is 77.5 Å². The van der Waals surface area contributed by atoms with E-state index in [9.17, 15) is 0 Å². The van der Waals surface area contributed by atoms with Crippen LogP contribution in [-0.2, 0) is 0 Å². The fraction of sp³-hybridized carbons (Fsp3) is 0. The SMILES string of the molecule is c1ccc(N(c2ccc3c(c2)sc2ccccc23)c2ccc3sc4ccc5c(oc6ccc7ccccc7c65)c4c3c2)cc1. The molecule has 0 saturated carbocycles. The van der Waals surface area contributed by atoms with E-state index in [1.54, 1.807) is 0 Å². The second-order valence-electron chi connectivity index (χ2n) is 11.3. The number of nitrogens with zero attached hydrogens (tertiary/aromatic N) is 1. The number of hydrogen-bond acceptors (Lipinski definition) is 4. The predicted molar refractivity (Wildman–Crippen MR) is 192 cm³/mol. The molecule has 0 aliphatic rings. The molecule has 2 nitrogen and oxygen atoms in total. The van der Waals surface area contributed by atoms with E-state index in [-0.39, 0.29) is 0 Å². The maximum atomic E-state index is 6.68. The largest absolute Gasteiger partial charge is 0.455 e. The molecule has 0 spiro atoms. The minimum absolute atomic E-state index is 0.934. The first-order valence-electron chi connectivity index (χ1n) is 14.8. The second kappa shape index (κ2) is 9.17. The molecule has 44 heavy (non-hydrogen) atoms. The number of thiophene rings is 2. The third-order valence-electron chi connectivity index (χ3n) is 8.84. The van der Waals surface area contributed by atoms with Crippen LogP contribution in [0.25, 0.3) is 73.1 Å². The standard InChI is InChI=1S/C40H23NOS2/c1-2-9-25(10-3-1)41(27-15-17-30-29-12-6-7-13-34(29)44-37(30)23-27)26-16-20-35-32(22-26)39-36(43-35)21-18-31-38-28-11-5-4-8-24(28)14-19-33(38)42-40(31)39/h1-23H. The third kappa shape index (κ3) is 3.47. The fourth-order valence-electron chi connectivity index (χ4n) is 6.87. The van der Waals surface area contributed by atoms with E-state index < -0.39 is 0 Å². The molecule has 7 aromatic carbocycles. The van der Waals surface area contributed by atoms with Crippen molar-refractivity contribution in [3.8, 4) is 0 Å². The molecule has 3 aromatic heterocycles. The van der Waals surface area contributed by atoms with Crippen molar-refractivity contribution in [1.82, 2.24) is 0 Å². The molecule has 0 fully saturated rings. The Morgan fingerprint density at radius 1 is 0.409 bits per heavy atom. The van der Waals surface area contributed by atoms with Gasteiger partial charge in [0, 0.05) is 68.2 Å². The molecule has 206 valence electrons. The average Bonchev–Trinajstić information content (AvgIpc) is 3.76. The minimum Gasteiger partial charge on any atom is -0.455 e. The fourth-order valence-corrected chi connectivity index (χ4v) is 9.09. The Hall–Kier alpha value is -5.16. The average molecular weight is 598 g/mol. The van der Waals surface area contributed by atoms with Crippen molar-refractivity contribution >= 4 is 113 Å². The summed E-state index contributed by atoms with van der Waals surface area (Å²) < 4.78 is 11.8. The zero-order chi connectivity index (χ0) is 28.8. The van der Waals surface area contributed by atoms with Crippen molar-refractivity contribution < 1.29 is 4.42 Å². The summed E-state index contributed by atoms with van der Waals surface area (Å²) in [6, 6.07) is 50.5. The number of hydrogen-bond donors (Lipinski definition) is 0. The van der Waals surface area contributed by atoms with Gasteiger partial charge in [-0.3, -0.25) is 0 Å². The summed E-state index contributed by atoms with van der Waals surface area (Å²) in [5, 5.41) is 9.87. The molecular weight excluding hydrogens is 575 g/mol. The molecule has 0 N–H and O–H groups in total. The highest BCUT2D eigenvalue weighted by Gasteiger charge is 2.19. The normalized spacial score (nSPS) is 12.1. The topological polar surface area (TPSA) is 16.4 Å². The number of furan rings is 1. The predicted octanol–water partition coefficient (Wildman–Crippen LogP) is 12.9. The quantitative estimate of drug-likeness (QED) is 0.201. The summed E-state index contributed by atoms with van der Waals surface area (Å²) in [6.07, 6.45) is 0. The van der Waals surface area contributed by atoms with Crippen LogP contribution in [0.4, 0.5) is 17.1 Å². The van der Waals surface area contributed by atoms with Crippen molar-refractivity contribution in [2.75, 3.05) is 4.90 Å². The third-order valence-corrected chi connectivity index (χ3v) is 11.1. The van der Waals surface area contributed by atoms with Crippen molar-refractivity contribution in [2.45, 2.75) is 0 Å². The Morgan fingerprint density at radius 2 is 1.09 bits per heavy atom. The highest BCUT2D eigenvalue weighted by Crippen LogP contribution is 2.46. The van der Waals surface area contributed by atoms with Gasteiger partial charge in [0.05, 0.1) is 0 Å². The van der Waals surface area contributed by atoms with Crippen LogP contribution in [0.2, 0.25) is 0 Å². The second-order valence-corrected chi connectivity index (χ2v) is 13.5. The van der Waals surface area contributed by atoms with Crippen molar-refractivity contribution in [2.24, 2.45) is 0 Å². The smallest absolute Gasteiger partial charge is 0.144 e. The van der Waals surface area contributed by atoms with E-state index in [4.69, 9.17) is 4.42 Å². The zero-order valence-corrected chi connectivity index (χ0v) is 25.1. The summed E-state index contributed by atoms with van der Waals surface area (Å²) in [4.78, 5) is 2.37. The molecule has 0 radical (unpaired) electrons. The molecule has 0 aliphatic carbocycles. The molecule has 10 aromatic rings. The summed E-state index contributed by atoms with van der Waals surface area (Å²) >= 11 is 3.69. The first-order valence-corrected chi connectivity index (χ1v) is 16.4. The van der Waals surface area contributed by atoms with Gasteiger partial charge in [0.1, 0.15) is 11.2 Å². The van der Waals surface area contributed by atoms with E-state index in [0.717, 1.165) is 28.2 Å². The molecule has 0 bridgehead atoms. The Bertz CT molecular complexity index is 2730. The van der Waals surface area contributed by atoms with Gasteiger partial charge in [-0.2, -0.15) is 0 Å². The van der Waals surface area contributed by atoms with E-state index in [0.29, 0.717) is 0 Å². The first kappa shape index (κ1) is 24.3. The highest BCUT2D eigenvalue weighted by molar-refractivity contribution is 7.26. The lowest BCUT2D eigenvalue weighted by Crippen LogP contribution is -2.09. The highest BCUT2D eigenvalue weighted by atomic mass is 32.1. The monoisotopic (exact) mass is 597 g/mol. The molecule has 0 saturated heterocycles. The first-order chi connectivity index (χ1) is 21.8. The maximum absolute atomic E-state index is 6.68. The Balaban J connectivity index is 1.23. The van der Waals surface area contributed by atoms with Crippen LogP contribution in [0.1, 0.15) is 0 Å². The van der Waals surface area contributed by atoms with Crippen molar-refractivity contribution in [1.29, 1.82) is 0 Å². The molecule has 0 aliphatic heterocycles. The van der Waals surface area contributed by atoms with Crippen LogP contribution >= 0.6 is 22.7 Å². The number of benzene rings is 7. The van der Waals surface area contributed by atoms with Crippen LogP contribution in [-0.4, -0.2) is 0 Å². The molecule has 0 amide bonds. The van der Waals surface area contributed by atoms with Gasteiger partial charge in [-0.1, -0.05) is 72.8 Å². The number of fused-ring (bicyclic) bond motifs is 12. The molecule has 4 heteroatoms. The lowest BCUT2D eigenvalue weighted by atomic mass is 10.0. The van der Waals surface area contributed by atoms with E-state index in [1.807, 2.05) is 22.7 Å². The van der Waals surface area contributed by atoms with Gasteiger partial charge >= 0.3 is 0 Å². The van der Waals surface area contributed by atoms with Gasteiger partial charge in [-0.25, -0.2) is 0 Å². The zero-order valence-electron chi connectivity index (χ0n) is 23.5. The van der Waals surface area contributed by atoms with Gasteiger partial charge in [0.2, 0.25) is 0 Å². The Labute approximate surface area is 260 Å². The Morgan fingerprint density at radius 3 is 2.02 bits per heavy atom. The van der Waals surface area contributed by atoms with Gasteiger partial charge in [-0.15, -0.1) is 22.7 Å². The van der Waals surface area contributed by atoms with Crippen molar-refractivity contribution in [3.05, 3.63) is 140 Å². The summed E-state index contributed by atoms with van der Waals surface area (Å²) in [5.41, 5.74) is 5.31. The molecule has 0 atom stereocenters. The van der Waals surface area contributed by atoms with Crippen LogP contribution in [0.3, 0.4) is 0 Å². The molecule has 3 heterocycles. The van der Waals surface area contributed by atoms with Crippen LogP contribution in [0.15, 0.2) is 144 Å². The number of para-hydroxylation sites is 1. The van der Waals surface area contributed by atoms with Gasteiger partial charge in [0.25, 0.3) is 0 Å². The van der Waals surface area contributed by atoms with Crippen LogP contribution in [0, 0.1) is 0 Å². The maximum Gasteiger partial charge on any atom is 0.144 e. The minimum atomic E-state index is 0.934. The molecule has 10 rings (SSSR count). The lowest BCUT2D eigenvalue weighted by Gasteiger charge is -2.25. The lowest BCUT2D eigenvalue weighted by molar-refractivity contribution is 0.673. The van der Waals surface area contributed by atoms with E-state index >= 15 is 0 Å². The van der Waals surface area contributed by atoms with Crippen LogP contribution < -0.4 is 4.90 Å². The van der Waals surface area contributed by atoms with Crippen LogP contribution in [0.5, 0.6) is 0 Å². The Kier molecular flexibility index (Phi) is 5.06. The van der Waals surface area contributed by atoms with E-state index in [1.165, 1.54) is 61.9 Å². The molecular formula is C40H23NOS2. The molecule has 0 unspecified atom stereocenters. The number of anilines is 3. The van der Waals surface area contributed by atoms with Gasteiger partial charge in [0.15, 0.2) is 0 Å². The summed E-state index contributed by atoms with van der Waals surface area (Å²) in [5.74, 6) is 0. The van der Waals surface area contributed by atoms with Crippen molar-refractivity contribution in [3.63, 3.8) is 0 Å². The van der Waals surface area contributed by atoms with Gasteiger partial charge < -0.3 is 9.32 Å². The van der Waals surface area contributed by atoms with E-state index in [2.05, 4.69) is 144 Å². The summed E-state index contributed by atoms with van der Waals surface area (Å²) in [6.45, 7) is 0.